The number of nitrogens with zero attached hydrogens (tertiary/aromatic N) is 1. The number of piperidine rings is 1. The second-order valence-corrected chi connectivity index (χ2v) is 4.54. The van der Waals surface area contributed by atoms with Crippen LogP contribution in [0, 0.1) is 5.92 Å². The maximum absolute atomic E-state index is 9.72. The van der Waals surface area contributed by atoms with Crippen LogP contribution in [0.4, 0.5) is 0 Å². The van der Waals surface area contributed by atoms with Gasteiger partial charge in [0.05, 0.1) is 6.10 Å². The molecule has 0 aromatic rings. The first-order valence-corrected chi connectivity index (χ1v) is 5.40. The van der Waals surface area contributed by atoms with Crippen molar-refractivity contribution in [1.82, 2.24) is 10.2 Å². The summed E-state index contributed by atoms with van der Waals surface area (Å²) in [5.41, 5.74) is 0. The third-order valence-corrected chi connectivity index (χ3v) is 3.31. The highest BCUT2D eigenvalue weighted by Crippen LogP contribution is 2.20. The quantitative estimate of drug-likeness (QED) is 0.604. The molecule has 2 saturated heterocycles. The number of aliphatic hydroxyl groups excluding tert-OH is 1. The van der Waals surface area contributed by atoms with E-state index < -0.39 is 0 Å². The van der Waals surface area contributed by atoms with Gasteiger partial charge in [0.15, 0.2) is 0 Å². The molecule has 2 aliphatic rings. The highest BCUT2D eigenvalue weighted by Gasteiger charge is 2.32. The number of β-amino-alcohol motifs (C(OH)–C–C–N with tert-alkyl or cyclic N) is 1. The van der Waals surface area contributed by atoms with Crippen LogP contribution in [0.15, 0.2) is 0 Å². The van der Waals surface area contributed by atoms with Crippen LogP contribution in [0.1, 0.15) is 19.8 Å². The van der Waals surface area contributed by atoms with Crippen molar-refractivity contribution in [2.75, 3.05) is 26.2 Å². The lowest BCUT2D eigenvalue weighted by Crippen LogP contribution is -2.47. The van der Waals surface area contributed by atoms with Gasteiger partial charge >= 0.3 is 0 Å². The molecule has 76 valence electrons. The van der Waals surface area contributed by atoms with Crippen molar-refractivity contribution in [3.8, 4) is 0 Å². The zero-order valence-electron chi connectivity index (χ0n) is 8.37. The van der Waals surface area contributed by atoms with E-state index in [1.54, 1.807) is 0 Å². The Labute approximate surface area is 80.1 Å². The largest absolute Gasteiger partial charge is 0.390 e. The molecule has 0 aliphatic carbocycles. The minimum atomic E-state index is -0.148. The first kappa shape index (κ1) is 9.44. The van der Waals surface area contributed by atoms with Gasteiger partial charge in [-0.3, -0.25) is 4.90 Å². The molecule has 2 rings (SSSR count). The fourth-order valence-corrected chi connectivity index (χ4v) is 2.55. The molecule has 0 radical (unpaired) electrons. The van der Waals surface area contributed by atoms with Crippen LogP contribution < -0.4 is 5.32 Å². The molecule has 13 heavy (non-hydrogen) atoms. The number of rotatable bonds is 1. The summed E-state index contributed by atoms with van der Waals surface area (Å²) in [6.07, 6.45) is 2.50. The Morgan fingerprint density at radius 3 is 2.85 bits per heavy atom. The van der Waals surface area contributed by atoms with E-state index in [4.69, 9.17) is 0 Å². The maximum Gasteiger partial charge on any atom is 0.0831 e. The van der Waals surface area contributed by atoms with Crippen molar-refractivity contribution >= 4 is 0 Å². The lowest BCUT2D eigenvalue weighted by molar-refractivity contribution is 0.0566. The summed E-state index contributed by atoms with van der Waals surface area (Å²) in [6, 6.07) is 0.378. The van der Waals surface area contributed by atoms with Crippen molar-refractivity contribution < 1.29 is 5.11 Å². The van der Waals surface area contributed by atoms with Gasteiger partial charge in [0.25, 0.3) is 0 Å². The summed E-state index contributed by atoms with van der Waals surface area (Å²) in [6.45, 7) is 6.39. The van der Waals surface area contributed by atoms with Crippen molar-refractivity contribution in [3.05, 3.63) is 0 Å². The number of hydrogen-bond donors (Lipinski definition) is 2. The average molecular weight is 184 g/mol. The molecule has 3 atom stereocenters. The average Bonchev–Trinajstić information content (AvgIpc) is 2.51. The van der Waals surface area contributed by atoms with E-state index in [1.165, 1.54) is 25.9 Å². The molecule has 2 aliphatic heterocycles. The van der Waals surface area contributed by atoms with Gasteiger partial charge in [0.2, 0.25) is 0 Å². The molecule has 2 N–H and O–H groups in total. The van der Waals surface area contributed by atoms with Crippen LogP contribution in [0.3, 0.4) is 0 Å². The molecule has 0 unspecified atom stereocenters. The Bertz CT molecular complexity index is 174. The molecule has 0 aromatic carbocycles. The topological polar surface area (TPSA) is 35.5 Å². The van der Waals surface area contributed by atoms with Gasteiger partial charge in [0, 0.05) is 25.7 Å². The SMILES string of the molecule is C[C@H]1CCCN([C@@H]2CNC[C@H]2O)C1. The van der Waals surface area contributed by atoms with Gasteiger partial charge < -0.3 is 10.4 Å². The monoisotopic (exact) mass is 184 g/mol. The van der Waals surface area contributed by atoms with Crippen molar-refractivity contribution in [2.45, 2.75) is 31.9 Å². The van der Waals surface area contributed by atoms with E-state index in [0.717, 1.165) is 19.0 Å². The van der Waals surface area contributed by atoms with E-state index in [9.17, 15) is 5.11 Å². The molecule has 0 bridgehead atoms. The van der Waals surface area contributed by atoms with Crippen molar-refractivity contribution in [1.29, 1.82) is 0 Å². The zero-order valence-corrected chi connectivity index (χ0v) is 8.37. The van der Waals surface area contributed by atoms with Gasteiger partial charge in [-0.2, -0.15) is 0 Å². The zero-order chi connectivity index (χ0) is 9.26. The molecule has 0 saturated carbocycles. The van der Waals surface area contributed by atoms with Gasteiger partial charge in [-0.15, -0.1) is 0 Å². The number of aliphatic hydroxyl groups is 1. The minimum absolute atomic E-state index is 0.148. The Hall–Kier alpha value is -0.120. The summed E-state index contributed by atoms with van der Waals surface area (Å²) in [7, 11) is 0. The molecule has 2 fully saturated rings. The Balaban J connectivity index is 1.91. The van der Waals surface area contributed by atoms with Crippen LogP contribution in [-0.2, 0) is 0 Å². The second kappa shape index (κ2) is 3.95. The Kier molecular flexibility index (Phi) is 2.86. The molecule has 0 amide bonds. The molecular formula is C10H20N2O. The Morgan fingerprint density at radius 2 is 2.23 bits per heavy atom. The first-order valence-electron chi connectivity index (χ1n) is 5.40. The third kappa shape index (κ3) is 2.03. The summed E-state index contributed by atoms with van der Waals surface area (Å²) in [5, 5.41) is 13.0. The van der Waals surface area contributed by atoms with Gasteiger partial charge in [-0.25, -0.2) is 0 Å². The fourth-order valence-electron chi connectivity index (χ4n) is 2.55. The minimum Gasteiger partial charge on any atom is -0.390 e. The maximum atomic E-state index is 9.72. The van der Waals surface area contributed by atoms with Gasteiger partial charge in [-0.1, -0.05) is 6.92 Å². The molecule has 0 aromatic heterocycles. The standard InChI is InChI=1S/C10H20N2O/c1-8-3-2-4-12(7-8)9-5-11-6-10(9)13/h8-11,13H,2-7H2,1H3/t8-,9+,10+/m0/s1. The lowest BCUT2D eigenvalue weighted by Gasteiger charge is -2.36. The molecule has 2 heterocycles. The number of hydrogen-bond acceptors (Lipinski definition) is 3. The van der Waals surface area contributed by atoms with Crippen LogP contribution >= 0.6 is 0 Å². The third-order valence-electron chi connectivity index (χ3n) is 3.31. The fraction of sp³-hybridized carbons (Fsp3) is 1.00. The second-order valence-electron chi connectivity index (χ2n) is 4.54. The number of likely N-dealkylation sites (tertiary alicyclic amines) is 1. The predicted octanol–water partition coefficient (Wildman–Crippen LogP) is 0.0510. The Morgan fingerprint density at radius 1 is 1.38 bits per heavy atom. The molecule has 3 heteroatoms. The predicted molar refractivity (Wildman–Crippen MR) is 52.6 cm³/mol. The van der Waals surface area contributed by atoms with Crippen molar-refractivity contribution in [3.63, 3.8) is 0 Å². The van der Waals surface area contributed by atoms with E-state index >= 15 is 0 Å². The summed E-state index contributed by atoms with van der Waals surface area (Å²) >= 11 is 0. The van der Waals surface area contributed by atoms with Crippen molar-refractivity contribution in [2.24, 2.45) is 5.92 Å². The van der Waals surface area contributed by atoms with Crippen LogP contribution in [-0.4, -0.2) is 48.3 Å². The smallest absolute Gasteiger partial charge is 0.0831 e. The van der Waals surface area contributed by atoms with Crippen LogP contribution in [0.5, 0.6) is 0 Å². The van der Waals surface area contributed by atoms with Crippen LogP contribution in [0.2, 0.25) is 0 Å². The van der Waals surface area contributed by atoms with E-state index in [2.05, 4.69) is 17.1 Å². The van der Waals surface area contributed by atoms with Gasteiger partial charge in [-0.05, 0) is 25.3 Å². The summed E-state index contributed by atoms with van der Waals surface area (Å²) in [4.78, 5) is 2.46. The molecule has 3 nitrogen and oxygen atoms in total. The first-order chi connectivity index (χ1) is 6.27. The van der Waals surface area contributed by atoms with Crippen LogP contribution in [0.25, 0.3) is 0 Å². The van der Waals surface area contributed by atoms with E-state index in [0.29, 0.717) is 6.04 Å². The highest BCUT2D eigenvalue weighted by molar-refractivity contribution is 4.90. The highest BCUT2D eigenvalue weighted by atomic mass is 16.3. The van der Waals surface area contributed by atoms with E-state index in [1.807, 2.05) is 0 Å². The normalized spacial score (nSPS) is 42.5. The van der Waals surface area contributed by atoms with Gasteiger partial charge in [0.1, 0.15) is 0 Å². The molecule has 0 spiro atoms. The summed E-state index contributed by atoms with van der Waals surface area (Å²) < 4.78 is 0. The molecular weight excluding hydrogens is 164 g/mol. The van der Waals surface area contributed by atoms with E-state index in [-0.39, 0.29) is 6.10 Å². The lowest BCUT2D eigenvalue weighted by atomic mass is 9.98. The number of nitrogens with one attached hydrogen (secondary N) is 1. The summed E-state index contributed by atoms with van der Waals surface area (Å²) in [5.74, 6) is 0.807.